The van der Waals surface area contributed by atoms with Crippen molar-refractivity contribution in [3.05, 3.63) is 57.5 Å². The lowest BCUT2D eigenvalue weighted by molar-refractivity contribution is 0.699. The van der Waals surface area contributed by atoms with Crippen LogP contribution in [0, 0.1) is 0 Å². The molecule has 0 radical (unpaired) electrons. The molecule has 0 aliphatic carbocycles. The highest BCUT2D eigenvalue weighted by atomic mass is 35.5. The van der Waals surface area contributed by atoms with Crippen molar-refractivity contribution in [1.29, 1.82) is 0 Å². The summed E-state index contributed by atoms with van der Waals surface area (Å²) in [6.45, 7) is 3.48. The predicted molar refractivity (Wildman–Crippen MR) is 77.7 cm³/mol. The minimum absolute atomic E-state index is 0.218. The lowest BCUT2D eigenvalue weighted by Gasteiger charge is -2.23. The van der Waals surface area contributed by atoms with Crippen LogP contribution < -0.4 is 10.5 Å². The molecular weight excluding hydrogens is 262 g/mol. The summed E-state index contributed by atoms with van der Waals surface area (Å²) in [5.41, 5.74) is 1.57. The molecule has 1 aromatic carbocycles. The van der Waals surface area contributed by atoms with Crippen LogP contribution in [0.15, 0.2) is 41.3 Å². The summed E-state index contributed by atoms with van der Waals surface area (Å²) < 4.78 is 1.24. The summed E-state index contributed by atoms with van der Waals surface area (Å²) in [6.07, 6.45) is 1.64. The smallest absolute Gasteiger partial charge is 0.287 e. The van der Waals surface area contributed by atoms with Crippen molar-refractivity contribution in [3.63, 3.8) is 0 Å². The number of nitrogens with zero attached hydrogens (tertiary/aromatic N) is 3. The van der Waals surface area contributed by atoms with Crippen molar-refractivity contribution in [2.75, 3.05) is 11.4 Å². The maximum atomic E-state index is 11.8. The van der Waals surface area contributed by atoms with Gasteiger partial charge in [0.25, 0.3) is 5.56 Å². The highest BCUT2D eigenvalue weighted by Gasteiger charge is 2.13. The molecule has 0 saturated carbocycles. The second kappa shape index (κ2) is 5.89. The lowest BCUT2D eigenvalue weighted by Crippen LogP contribution is -2.27. The standard InChI is InChI=1S/C14H16ClN3O/c1-3-18(10-11-7-5-4-6-8-11)12-9-16-17(2)14(19)13(12)15/h4-9H,3,10H2,1-2H3. The van der Waals surface area contributed by atoms with E-state index < -0.39 is 0 Å². The van der Waals surface area contributed by atoms with Crippen LogP contribution in [-0.2, 0) is 13.6 Å². The van der Waals surface area contributed by atoms with Crippen molar-refractivity contribution >= 4 is 17.3 Å². The zero-order chi connectivity index (χ0) is 13.8. The van der Waals surface area contributed by atoms with Crippen LogP contribution in [0.4, 0.5) is 5.69 Å². The number of aryl methyl sites for hydroxylation is 1. The van der Waals surface area contributed by atoms with Crippen molar-refractivity contribution in [1.82, 2.24) is 9.78 Å². The summed E-state index contributed by atoms with van der Waals surface area (Å²) in [4.78, 5) is 13.8. The minimum Gasteiger partial charge on any atom is -0.365 e. The first-order valence-electron chi connectivity index (χ1n) is 6.14. The Morgan fingerprint density at radius 3 is 2.63 bits per heavy atom. The molecule has 1 heterocycles. The predicted octanol–water partition coefficient (Wildman–Crippen LogP) is 2.46. The Morgan fingerprint density at radius 1 is 1.32 bits per heavy atom. The molecule has 0 N–H and O–H groups in total. The topological polar surface area (TPSA) is 38.1 Å². The maximum absolute atomic E-state index is 11.8. The van der Waals surface area contributed by atoms with Gasteiger partial charge in [-0.3, -0.25) is 4.79 Å². The van der Waals surface area contributed by atoms with Crippen LogP contribution in [0.2, 0.25) is 5.02 Å². The number of hydrogen-bond acceptors (Lipinski definition) is 3. The molecule has 4 nitrogen and oxygen atoms in total. The third-order valence-corrected chi connectivity index (χ3v) is 3.35. The Bertz CT molecular complexity index is 610. The van der Waals surface area contributed by atoms with E-state index in [9.17, 15) is 4.79 Å². The van der Waals surface area contributed by atoms with E-state index in [1.165, 1.54) is 10.2 Å². The molecule has 5 heteroatoms. The van der Waals surface area contributed by atoms with Crippen LogP contribution in [0.25, 0.3) is 0 Å². The molecule has 0 aliphatic rings. The Labute approximate surface area is 117 Å². The number of benzene rings is 1. The zero-order valence-corrected chi connectivity index (χ0v) is 11.8. The van der Waals surface area contributed by atoms with Crippen LogP contribution in [0.1, 0.15) is 12.5 Å². The second-order valence-electron chi connectivity index (χ2n) is 4.27. The summed E-state index contributed by atoms with van der Waals surface area (Å²) >= 11 is 6.12. The van der Waals surface area contributed by atoms with Gasteiger partial charge in [0.2, 0.25) is 0 Å². The second-order valence-corrected chi connectivity index (χ2v) is 4.65. The first kappa shape index (κ1) is 13.6. The van der Waals surface area contributed by atoms with Crippen molar-refractivity contribution in [2.24, 2.45) is 7.05 Å². The van der Waals surface area contributed by atoms with Gasteiger partial charge in [-0.05, 0) is 12.5 Å². The molecule has 100 valence electrons. The fourth-order valence-corrected chi connectivity index (χ4v) is 2.18. The minimum atomic E-state index is -0.273. The molecule has 2 rings (SSSR count). The third-order valence-electron chi connectivity index (χ3n) is 3.00. The van der Waals surface area contributed by atoms with Gasteiger partial charge >= 0.3 is 0 Å². The molecular formula is C14H16ClN3O. The van der Waals surface area contributed by atoms with Crippen molar-refractivity contribution in [3.8, 4) is 0 Å². The number of hydrogen-bond donors (Lipinski definition) is 0. The molecule has 0 aliphatic heterocycles. The molecule has 0 saturated heterocycles. The van der Waals surface area contributed by atoms with E-state index in [1.807, 2.05) is 42.2 Å². The average Bonchev–Trinajstić information content (AvgIpc) is 2.44. The molecule has 2 aromatic rings. The highest BCUT2D eigenvalue weighted by Crippen LogP contribution is 2.22. The van der Waals surface area contributed by atoms with E-state index in [0.717, 1.165) is 6.54 Å². The van der Waals surface area contributed by atoms with E-state index in [-0.39, 0.29) is 10.6 Å². The fraction of sp³-hybridized carbons (Fsp3) is 0.286. The molecule has 0 spiro atoms. The summed E-state index contributed by atoms with van der Waals surface area (Å²) in [7, 11) is 1.59. The van der Waals surface area contributed by atoms with Gasteiger partial charge in [-0.15, -0.1) is 0 Å². The van der Waals surface area contributed by atoms with E-state index >= 15 is 0 Å². The van der Waals surface area contributed by atoms with Crippen LogP contribution in [-0.4, -0.2) is 16.3 Å². The molecule has 0 bridgehead atoms. The largest absolute Gasteiger partial charge is 0.365 e. The van der Waals surface area contributed by atoms with Gasteiger partial charge in [0.1, 0.15) is 5.02 Å². The Kier molecular flexibility index (Phi) is 4.22. The fourth-order valence-electron chi connectivity index (χ4n) is 1.89. The van der Waals surface area contributed by atoms with Gasteiger partial charge < -0.3 is 4.90 Å². The molecule has 0 amide bonds. The van der Waals surface area contributed by atoms with Gasteiger partial charge in [0, 0.05) is 20.1 Å². The quantitative estimate of drug-likeness (QED) is 0.862. The number of rotatable bonds is 4. The van der Waals surface area contributed by atoms with E-state index in [2.05, 4.69) is 5.10 Å². The van der Waals surface area contributed by atoms with Crippen LogP contribution in [0.5, 0.6) is 0 Å². The van der Waals surface area contributed by atoms with Crippen molar-refractivity contribution < 1.29 is 0 Å². The average molecular weight is 278 g/mol. The van der Waals surface area contributed by atoms with Gasteiger partial charge in [0.15, 0.2) is 0 Å². The van der Waals surface area contributed by atoms with E-state index in [1.54, 1.807) is 13.2 Å². The highest BCUT2D eigenvalue weighted by molar-refractivity contribution is 6.33. The molecule has 1 aromatic heterocycles. The first-order chi connectivity index (χ1) is 9.13. The molecule has 0 unspecified atom stereocenters. The number of aromatic nitrogens is 2. The molecule has 19 heavy (non-hydrogen) atoms. The third kappa shape index (κ3) is 2.96. The Balaban J connectivity index is 2.33. The lowest BCUT2D eigenvalue weighted by atomic mass is 10.2. The maximum Gasteiger partial charge on any atom is 0.287 e. The number of halogens is 1. The van der Waals surface area contributed by atoms with Gasteiger partial charge in [-0.1, -0.05) is 41.9 Å². The van der Waals surface area contributed by atoms with Crippen LogP contribution in [0.3, 0.4) is 0 Å². The normalized spacial score (nSPS) is 10.5. The Morgan fingerprint density at radius 2 is 2.00 bits per heavy atom. The van der Waals surface area contributed by atoms with Crippen molar-refractivity contribution in [2.45, 2.75) is 13.5 Å². The van der Waals surface area contributed by atoms with Gasteiger partial charge in [0.05, 0.1) is 11.9 Å². The summed E-state index contributed by atoms with van der Waals surface area (Å²) in [5.74, 6) is 0. The SMILES string of the molecule is CCN(Cc1ccccc1)c1cnn(C)c(=O)c1Cl. The zero-order valence-electron chi connectivity index (χ0n) is 11.0. The van der Waals surface area contributed by atoms with Crippen LogP contribution >= 0.6 is 11.6 Å². The summed E-state index contributed by atoms with van der Waals surface area (Å²) in [6, 6.07) is 10.1. The van der Waals surface area contributed by atoms with E-state index in [4.69, 9.17) is 11.6 Å². The number of anilines is 1. The monoisotopic (exact) mass is 277 g/mol. The summed E-state index contributed by atoms with van der Waals surface area (Å²) in [5, 5.41) is 4.25. The molecule has 0 fully saturated rings. The first-order valence-corrected chi connectivity index (χ1v) is 6.52. The van der Waals surface area contributed by atoms with Gasteiger partial charge in [-0.2, -0.15) is 5.10 Å². The van der Waals surface area contributed by atoms with E-state index in [0.29, 0.717) is 12.2 Å². The van der Waals surface area contributed by atoms with Gasteiger partial charge in [-0.25, -0.2) is 4.68 Å². The molecule has 0 atom stereocenters. The Hall–Kier alpha value is -1.81.